The van der Waals surface area contributed by atoms with Gasteiger partial charge in [-0.15, -0.1) is 0 Å². The highest BCUT2D eigenvalue weighted by molar-refractivity contribution is 5.91. The van der Waals surface area contributed by atoms with Crippen molar-refractivity contribution in [1.29, 1.82) is 0 Å². The summed E-state index contributed by atoms with van der Waals surface area (Å²) in [5.74, 6) is 5.73. The topological polar surface area (TPSA) is 80.7 Å². The maximum absolute atomic E-state index is 11.5. The minimum Gasteiger partial charge on any atom is -0.456 e. The zero-order chi connectivity index (χ0) is 15.8. The Kier molecular flexibility index (Phi) is 7.42. The number of carbonyl (C=O) groups excluding carboxylic acids is 1. The van der Waals surface area contributed by atoms with Crippen molar-refractivity contribution in [2.24, 2.45) is 5.84 Å². The standard InChI is InChI=1S/C15H27N3O3/c1-5-13(6-2)18(7-8-20-4)10-12-9-14(15(19)17-16)21-11(12)3/h9,13H,5-8,10,16H2,1-4H3,(H,17,19). The van der Waals surface area contributed by atoms with Gasteiger partial charge in [0.1, 0.15) is 5.76 Å². The van der Waals surface area contributed by atoms with Crippen LogP contribution >= 0.6 is 0 Å². The summed E-state index contributed by atoms with van der Waals surface area (Å²) in [7, 11) is 1.71. The average Bonchev–Trinajstić information content (AvgIpc) is 2.86. The molecule has 1 aromatic heterocycles. The molecule has 6 heteroatoms. The van der Waals surface area contributed by atoms with Gasteiger partial charge in [-0.2, -0.15) is 0 Å². The molecule has 0 bridgehead atoms. The number of nitrogens with two attached hydrogens (primary N) is 1. The number of nitrogens with one attached hydrogen (secondary N) is 1. The maximum Gasteiger partial charge on any atom is 0.300 e. The second-order valence-corrected chi connectivity index (χ2v) is 5.10. The molecule has 1 aromatic rings. The number of carbonyl (C=O) groups is 1. The van der Waals surface area contributed by atoms with Crippen LogP contribution in [0.2, 0.25) is 0 Å². The van der Waals surface area contributed by atoms with E-state index in [1.165, 1.54) is 0 Å². The molecule has 0 saturated carbocycles. The first kappa shape index (κ1) is 17.7. The summed E-state index contributed by atoms with van der Waals surface area (Å²) in [6, 6.07) is 2.25. The lowest BCUT2D eigenvalue weighted by atomic mass is 10.1. The second-order valence-electron chi connectivity index (χ2n) is 5.10. The van der Waals surface area contributed by atoms with Crippen molar-refractivity contribution in [3.63, 3.8) is 0 Å². The van der Waals surface area contributed by atoms with Crippen LogP contribution in [0.25, 0.3) is 0 Å². The first-order chi connectivity index (χ1) is 10.1. The van der Waals surface area contributed by atoms with Gasteiger partial charge in [-0.05, 0) is 25.8 Å². The third-order valence-electron chi connectivity index (χ3n) is 3.79. The second kappa shape index (κ2) is 8.81. The van der Waals surface area contributed by atoms with Gasteiger partial charge in [-0.1, -0.05) is 13.8 Å². The van der Waals surface area contributed by atoms with Crippen LogP contribution in [0.15, 0.2) is 10.5 Å². The molecular weight excluding hydrogens is 270 g/mol. The smallest absolute Gasteiger partial charge is 0.300 e. The molecule has 0 aromatic carbocycles. The summed E-state index contributed by atoms with van der Waals surface area (Å²) in [4.78, 5) is 13.9. The largest absolute Gasteiger partial charge is 0.456 e. The Balaban J connectivity index is 2.86. The van der Waals surface area contributed by atoms with E-state index in [0.717, 1.165) is 37.3 Å². The Morgan fingerprint density at radius 3 is 2.67 bits per heavy atom. The summed E-state index contributed by atoms with van der Waals surface area (Å²) in [6.45, 7) is 8.51. The molecule has 0 spiro atoms. The molecule has 0 aliphatic rings. The Morgan fingerprint density at radius 1 is 1.48 bits per heavy atom. The van der Waals surface area contributed by atoms with Crippen molar-refractivity contribution in [2.45, 2.75) is 46.2 Å². The summed E-state index contributed by atoms with van der Waals surface area (Å²) in [5.41, 5.74) is 3.10. The summed E-state index contributed by atoms with van der Waals surface area (Å²) in [5, 5.41) is 0. The Hall–Kier alpha value is -1.37. The minimum atomic E-state index is -0.407. The van der Waals surface area contributed by atoms with Gasteiger partial charge in [0, 0.05) is 31.8 Å². The fourth-order valence-electron chi connectivity index (χ4n) is 2.48. The van der Waals surface area contributed by atoms with Gasteiger partial charge >= 0.3 is 5.91 Å². The van der Waals surface area contributed by atoms with Crippen molar-refractivity contribution in [1.82, 2.24) is 10.3 Å². The third kappa shape index (κ3) is 4.84. The van der Waals surface area contributed by atoms with Gasteiger partial charge in [-0.3, -0.25) is 15.1 Å². The summed E-state index contributed by atoms with van der Waals surface area (Å²) >= 11 is 0. The van der Waals surface area contributed by atoms with Gasteiger partial charge in [0.25, 0.3) is 0 Å². The Morgan fingerprint density at radius 2 is 2.14 bits per heavy atom. The van der Waals surface area contributed by atoms with Crippen molar-refractivity contribution in [3.05, 3.63) is 23.2 Å². The number of hydrogen-bond acceptors (Lipinski definition) is 5. The van der Waals surface area contributed by atoms with Crippen LogP contribution < -0.4 is 11.3 Å². The normalized spacial score (nSPS) is 11.4. The van der Waals surface area contributed by atoms with E-state index in [-0.39, 0.29) is 5.76 Å². The highest BCUT2D eigenvalue weighted by atomic mass is 16.5. The number of rotatable bonds is 9. The van der Waals surface area contributed by atoms with Crippen LogP contribution in [0.1, 0.15) is 48.6 Å². The fraction of sp³-hybridized carbons (Fsp3) is 0.667. The van der Waals surface area contributed by atoms with E-state index in [1.807, 2.05) is 6.92 Å². The molecule has 1 heterocycles. The molecule has 0 aliphatic heterocycles. The number of aryl methyl sites for hydroxylation is 1. The molecule has 1 amide bonds. The monoisotopic (exact) mass is 297 g/mol. The lowest BCUT2D eigenvalue weighted by Gasteiger charge is -2.30. The van der Waals surface area contributed by atoms with Gasteiger partial charge in [0.2, 0.25) is 0 Å². The van der Waals surface area contributed by atoms with E-state index in [2.05, 4.69) is 24.2 Å². The number of methoxy groups -OCH3 is 1. The van der Waals surface area contributed by atoms with Crippen LogP contribution in [0.3, 0.4) is 0 Å². The predicted octanol–water partition coefficient (Wildman–Crippen LogP) is 1.83. The minimum absolute atomic E-state index is 0.251. The van der Waals surface area contributed by atoms with Crippen molar-refractivity contribution < 1.29 is 13.9 Å². The molecule has 0 aliphatic carbocycles. The number of furan rings is 1. The summed E-state index contributed by atoms with van der Waals surface area (Å²) in [6.07, 6.45) is 2.15. The molecule has 0 radical (unpaired) electrons. The molecule has 0 unspecified atom stereocenters. The number of nitrogens with zero attached hydrogens (tertiary/aromatic N) is 1. The molecule has 0 fully saturated rings. The molecule has 120 valence electrons. The maximum atomic E-state index is 11.5. The third-order valence-corrected chi connectivity index (χ3v) is 3.79. The van der Waals surface area contributed by atoms with Crippen LogP contribution in [-0.2, 0) is 11.3 Å². The van der Waals surface area contributed by atoms with Crippen molar-refractivity contribution in [3.8, 4) is 0 Å². The molecule has 0 saturated heterocycles. The molecule has 0 atom stereocenters. The fourth-order valence-corrected chi connectivity index (χ4v) is 2.48. The zero-order valence-electron chi connectivity index (χ0n) is 13.4. The molecule has 1 rings (SSSR count). The van der Waals surface area contributed by atoms with E-state index >= 15 is 0 Å². The summed E-state index contributed by atoms with van der Waals surface area (Å²) < 4.78 is 10.7. The number of nitrogen functional groups attached to an aromatic ring is 1. The number of ether oxygens (including phenoxy) is 1. The number of amides is 1. The number of hydrogen-bond donors (Lipinski definition) is 2. The van der Waals surface area contributed by atoms with Crippen LogP contribution in [0.4, 0.5) is 0 Å². The zero-order valence-corrected chi connectivity index (χ0v) is 13.4. The van der Waals surface area contributed by atoms with Crippen LogP contribution in [0, 0.1) is 6.92 Å². The van der Waals surface area contributed by atoms with E-state index < -0.39 is 5.91 Å². The average molecular weight is 297 g/mol. The van der Waals surface area contributed by atoms with Crippen LogP contribution in [-0.4, -0.2) is 37.1 Å². The van der Waals surface area contributed by atoms with E-state index in [0.29, 0.717) is 12.6 Å². The van der Waals surface area contributed by atoms with Gasteiger partial charge < -0.3 is 9.15 Å². The van der Waals surface area contributed by atoms with E-state index in [9.17, 15) is 4.79 Å². The van der Waals surface area contributed by atoms with E-state index in [4.69, 9.17) is 15.0 Å². The molecule has 6 nitrogen and oxygen atoms in total. The van der Waals surface area contributed by atoms with Crippen LogP contribution in [0.5, 0.6) is 0 Å². The first-order valence-corrected chi connectivity index (χ1v) is 7.40. The van der Waals surface area contributed by atoms with Crippen molar-refractivity contribution >= 4 is 5.91 Å². The molecular formula is C15H27N3O3. The lowest BCUT2D eigenvalue weighted by Crippen LogP contribution is -2.36. The molecule has 21 heavy (non-hydrogen) atoms. The SMILES string of the molecule is CCC(CC)N(CCOC)Cc1cc(C(=O)NN)oc1C. The first-order valence-electron chi connectivity index (χ1n) is 7.40. The molecule has 3 N–H and O–H groups in total. The van der Waals surface area contributed by atoms with Gasteiger partial charge in [-0.25, -0.2) is 5.84 Å². The van der Waals surface area contributed by atoms with Gasteiger partial charge in [0.05, 0.1) is 6.61 Å². The predicted molar refractivity (Wildman–Crippen MR) is 81.8 cm³/mol. The number of hydrazine groups is 1. The van der Waals surface area contributed by atoms with Gasteiger partial charge in [0.15, 0.2) is 5.76 Å². The quantitative estimate of drug-likeness (QED) is 0.413. The lowest BCUT2D eigenvalue weighted by molar-refractivity contribution is 0.0924. The highest BCUT2D eigenvalue weighted by Crippen LogP contribution is 2.19. The Labute approximate surface area is 126 Å². The van der Waals surface area contributed by atoms with E-state index in [1.54, 1.807) is 13.2 Å². The van der Waals surface area contributed by atoms with Crippen molar-refractivity contribution in [2.75, 3.05) is 20.3 Å². The highest BCUT2D eigenvalue weighted by Gasteiger charge is 2.19. The Bertz CT molecular complexity index is 441.